The van der Waals surface area contributed by atoms with Crippen LogP contribution in [0.1, 0.15) is 59.6 Å². The molecule has 0 saturated heterocycles. The van der Waals surface area contributed by atoms with Gasteiger partial charge in [-0.15, -0.1) is 0 Å². The molecule has 1 aliphatic rings. The molecule has 178 valence electrons. The molecular formula is C29H29N3O3. The average Bonchev–Trinajstić information content (AvgIpc) is 3.32. The zero-order chi connectivity index (χ0) is 24.2. The standard InChI is InChI=1S/C29H29N3O3/c33-28(34)16-20-6-8-22(9-7-20)23-10-12-24(13-11-23)25-14-15-27-31-26(19-32(27)18-25)29(35)30-17-21-4-2-1-3-5-21/h1-5,10-15,18-20,22H,6-9,16-17H2,(H,30,35)(H,33,34)/t20-,22-. The minimum atomic E-state index is -0.687. The van der Waals surface area contributed by atoms with Crippen LogP contribution in [0.4, 0.5) is 0 Å². The molecule has 35 heavy (non-hydrogen) atoms. The van der Waals surface area contributed by atoms with E-state index in [1.54, 1.807) is 6.20 Å². The van der Waals surface area contributed by atoms with E-state index in [1.807, 2.05) is 53.1 Å². The van der Waals surface area contributed by atoms with Crippen molar-refractivity contribution in [3.8, 4) is 11.1 Å². The topological polar surface area (TPSA) is 83.7 Å². The lowest BCUT2D eigenvalue weighted by atomic mass is 9.77. The quantitative estimate of drug-likeness (QED) is 0.366. The third-order valence-electron chi connectivity index (χ3n) is 7.01. The fourth-order valence-corrected chi connectivity index (χ4v) is 5.04. The Morgan fingerprint density at radius 3 is 2.31 bits per heavy atom. The molecule has 1 fully saturated rings. The first-order valence-electron chi connectivity index (χ1n) is 12.2. The zero-order valence-corrected chi connectivity index (χ0v) is 19.6. The van der Waals surface area contributed by atoms with Gasteiger partial charge in [-0.3, -0.25) is 9.59 Å². The molecular weight excluding hydrogens is 438 g/mol. The van der Waals surface area contributed by atoms with Gasteiger partial charge in [0.15, 0.2) is 0 Å². The molecule has 2 aromatic carbocycles. The summed E-state index contributed by atoms with van der Waals surface area (Å²) in [5.74, 6) is -0.0634. The number of imidazole rings is 1. The summed E-state index contributed by atoms with van der Waals surface area (Å²) in [6, 6.07) is 22.4. The number of benzene rings is 2. The highest BCUT2D eigenvalue weighted by atomic mass is 16.4. The van der Waals surface area contributed by atoms with Gasteiger partial charge in [0.25, 0.3) is 5.91 Å². The van der Waals surface area contributed by atoms with Gasteiger partial charge in [-0.05, 0) is 71.9 Å². The van der Waals surface area contributed by atoms with Gasteiger partial charge in [0, 0.05) is 25.4 Å². The van der Waals surface area contributed by atoms with E-state index in [1.165, 1.54) is 5.56 Å². The van der Waals surface area contributed by atoms with Gasteiger partial charge >= 0.3 is 5.97 Å². The Morgan fingerprint density at radius 1 is 0.886 bits per heavy atom. The minimum absolute atomic E-state index is 0.193. The van der Waals surface area contributed by atoms with Crippen molar-refractivity contribution < 1.29 is 14.7 Å². The molecule has 0 atom stereocenters. The van der Waals surface area contributed by atoms with Crippen LogP contribution in [0, 0.1) is 5.92 Å². The van der Waals surface area contributed by atoms with Crippen LogP contribution < -0.4 is 5.32 Å². The van der Waals surface area contributed by atoms with Crippen molar-refractivity contribution in [3.63, 3.8) is 0 Å². The highest BCUT2D eigenvalue weighted by Gasteiger charge is 2.24. The van der Waals surface area contributed by atoms with E-state index in [4.69, 9.17) is 5.11 Å². The minimum Gasteiger partial charge on any atom is -0.481 e. The van der Waals surface area contributed by atoms with Crippen LogP contribution >= 0.6 is 0 Å². The summed E-state index contributed by atoms with van der Waals surface area (Å²) in [5, 5.41) is 12.0. The molecule has 0 radical (unpaired) electrons. The molecule has 0 unspecified atom stereocenters. The van der Waals surface area contributed by atoms with Crippen molar-refractivity contribution in [1.82, 2.24) is 14.7 Å². The number of nitrogens with zero attached hydrogens (tertiary/aromatic N) is 2. The van der Waals surface area contributed by atoms with Crippen molar-refractivity contribution in [2.45, 2.75) is 44.6 Å². The Bertz CT molecular complexity index is 1320. The number of amides is 1. The number of carbonyl (C=O) groups is 2. The number of aromatic nitrogens is 2. The first-order valence-corrected chi connectivity index (χ1v) is 12.2. The molecule has 6 nitrogen and oxygen atoms in total. The molecule has 6 heteroatoms. The number of rotatable bonds is 7. The van der Waals surface area contributed by atoms with Crippen molar-refractivity contribution in [3.05, 3.63) is 95.9 Å². The van der Waals surface area contributed by atoms with Gasteiger partial charge in [0.2, 0.25) is 0 Å². The Kier molecular flexibility index (Phi) is 6.62. The molecule has 2 N–H and O–H groups in total. The van der Waals surface area contributed by atoms with E-state index < -0.39 is 5.97 Å². The number of carbonyl (C=O) groups excluding carboxylic acids is 1. The first kappa shape index (κ1) is 22.8. The lowest BCUT2D eigenvalue weighted by Crippen LogP contribution is -2.23. The van der Waals surface area contributed by atoms with Crippen LogP contribution in [0.25, 0.3) is 16.8 Å². The van der Waals surface area contributed by atoms with E-state index in [-0.39, 0.29) is 5.91 Å². The van der Waals surface area contributed by atoms with Crippen LogP contribution in [0.2, 0.25) is 0 Å². The molecule has 2 heterocycles. The number of hydrogen-bond donors (Lipinski definition) is 2. The maximum Gasteiger partial charge on any atom is 0.303 e. The average molecular weight is 468 g/mol. The van der Waals surface area contributed by atoms with Gasteiger partial charge < -0.3 is 14.8 Å². The largest absolute Gasteiger partial charge is 0.481 e. The maximum absolute atomic E-state index is 12.6. The van der Waals surface area contributed by atoms with Gasteiger partial charge in [-0.1, -0.05) is 54.6 Å². The summed E-state index contributed by atoms with van der Waals surface area (Å²) in [5.41, 5.74) is 5.66. The Hall–Kier alpha value is -3.93. The fraction of sp³-hybridized carbons (Fsp3) is 0.276. The normalized spacial score (nSPS) is 17.8. The van der Waals surface area contributed by atoms with E-state index in [0.29, 0.717) is 30.5 Å². The van der Waals surface area contributed by atoms with Gasteiger partial charge in [-0.25, -0.2) is 4.98 Å². The predicted octanol–water partition coefficient (Wildman–Crippen LogP) is 5.68. The Morgan fingerprint density at radius 2 is 1.60 bits per heavy atom. The van der Waals surface area contributed by atoms with E-state index in [0.717, 1.165) is 48.0 Å². The summed E-state index contributed by atoms with van der Waals surface area (Å²) in [4.78, 5) is 28.0. The highest BCUT2D eigenvalue weighted by molar-refractivity contribution is 5.92. The molecule has 1 saturated carbocycles. The number of aliphatic carboxylic acids is 1. The third-order valence-corrected chi connectivity index (χ3v) is 7.01. The summed E-state index contributed by atoms with van der Waals surface area (Å²) >= 11 is 0. The molecule has 0 aliphatic heterocycles. The van der Waals surface area contributed by atoms with Crippen LogP contribution in [-0.4, -0.2) is 26.4 Å². The number of nitrogens with one attached hydrogen (secondary N) is 1. The SMILES string of the molecule is O=C(O)C[C@H]1CC[C@H](c2ccc(-c3ccc4nc(C(=O)NCc5ccccc5)cn4c3)cc2)CC1. The van der Waals surface area contributed by atoms with Crippen LogP contribution in [0.3, 0.4) is 0 Å². The van der Waals surface area contributed by atoms with Gasteiger partial charge in [0.1, 0.15) is 11.3 Å². The van der Waals surface area contributed by atoms with Crippen molar-refractivity contribution in [1.29, 1.82) is 0 Å². The molecule has 1 amide bonds. The Balaban J connectivity index is 1.24. The number of fused-ring (bicyclic) bond motifs is 1. The lowest BCUT2D eigenvalue weighted by Gasteiger charge is -2.28. The second-order valence-corrected chi connectivity index (χ2v) is 9.42. The number of carboxylic acid groups (broad SMARTS) is 1. The number of carboxylic acids is 1. The summed E-state index contributed by atoms with van der Waals surface area (Å²) in [7, 11) is 0. The van der Waals surface area contributed by atoms with E-state index >= 15 is 0 Å². The maximum atomic E-state index is 12.6. The second-order valence-electron chi connectivity index (χ2n) is 9.42. The van der Waals surface area contributed by atoms with Crippen LogP contribution in [0.5, 0.6) is 0 Å². The Labute approximate surface area is 204 Å². The van der Waals surface area contributed by atoms with Crippen LogP contribution in [-0.2, 0) is 11.3 Å². The van der Waals surface area contributed by atoms with Crippen molar-refractivity contribution in [2.75, 3.05) is 0 Å². The summed E-state index contributed by atoms with van der Waals surface area (Å²) in [6.07, 6.45) is 8.12. The van der Waals surface area contributed by atoms with Crippen molar-refractivity contribution >= 4 is 17.5 Å². The number of pyridine rings is 1. The molecule has 4 aromatic rings. The predicted molar refractivity (Wildman–Crippen MR) is 135 cm³/mol. The smallest absolute Gasteiger partial charge is 0.303 e. The van der Waals surface area contributed by atoms with Gasteiger partial charge in [-0.2, -0.15) is 0 Å². The first-order chi connectivity index (χ1) is 17.0. The zero-order valence-electron chi connectivity index (χ0n) is 19.6. The molecule has 0 bridgehead atoms. The third kappa shape index (κ3) is 5.43. The fourth-order valence-electron chi connectivity index (χ4n) is 5.04. The molecule has 5 rings (SSSR count). The molecule has 1 aliphatic carbocycles. The monoisotopic (exact) mass is 467 g/mol. The second kappa shape index (κ2) is 10.1. The van der Waals surface area contributed by atoms with Crippen molar-refractivity contribution in [2.24, 2.45) is 5.92 Å². The van der Waals surface area contributed by atoms with E-state index in [2.05, 4.69) is 34.6 Å². The summed E-state index contributed by atoms with van der Waals surface area (Å²) in [6.45, 7) is 0.465. The molecule has 0 spiro atoms. The highest BCUT2D eigenvalue weighted by Crippen LogP contribution is 2.37. The number of hydrogen-bond acceptors (Lipinski definition) is 3. The summed E-state index contributed by atoms with van der Waals surface area (Å²) < 4.78 is 1.89. The van der Waals surface area contributed by atoms with E-state index in [9.17, 15) is 9.59 Å². The molecule has 2 aromatic heterocycles. The van der Waals surface area contributed by atoms with Crippen LogP contribution in [0.15, 0.2) is 79.1 Å². The lowest BCUT2D eigenvalue weighted by molar-refractivity contribution is -0.138. The van der Waals surface area contributed by atoms with Gasteiger partial charge in [0.05, 0.1) is 0 Å².